The number of nitrogens with zero attached hydrogens (tertiary/aromatic N) is 4. The first-order valence-corrected chi connectivity index (χ1v) is 18.8. The molecule has 0 N–H and O–H groups in total. The summed E-state index contributed by atoms with van der Waals surface area (Å²) in [5.41, 5.74) is 2.30. The Morgan fingerprint density at radius 2 is 1.74 bits per heavy atom. The number of hydrogen-bond acceptors (Lipinski definition) is 6. The fraction of sp³-hybridized carbons (Fsp3) is 0.647. The van der Waals surface area contributed by atoms with Crippen LogP contribution in [0.2, 0.25) is 5.02 Å². The van der Waals surface area contributed by atoms with E-state index in [2.05, 4.69) is 11.9 Å². The van der Waals surface area contributed by atoms with Crippen LogP contribution in [-0.2, 0) is 19.6 Å². The molecular formula is C34H45ClF2N4O4S. The summed E-state index contributed by atoms with van der Waals surface area (Å²) in [6.45, 7) is 4.63. The predicted octanol–water partition coefficient (Wildman–Crippen LogP) is 5.88. The highest BCUT2D eigenvalue weighted by Gasteiger charge is 2.45. The number of benzene rings is 1. The first-order valence-electron chi connectivity index (χ1n) is 16.6. The summed E-state index contributed by atoms with van der Waals surface area (Å²) in [7, 11) is -1.46. The van der Waals surface area contributed by atoms with Gasteiger partial charge in [0.05, 0.1) is 28.4 Å². The molecular weight excluding hydrogens is 634 g/mol. The molecule has 3 heterocycles. The van der Waals surface area contributed by atoms with Crippen LogP contribution in [0.3, 0.4) is 0 Å². The van der Waals surface area contributed by atoms with E-state index in [9.17, 15) is 17.6 Å². The second-order valence-corrected chi connectivity index (χ2v) is 16.1. The lowest BCUT2D eigenvalue weighted by atomic mass is 9.86. The van der Waals surface area contributed by atoms with Gasteiger partial charge in [-0.05, 0) is 94.9 Å². The lowest BCUT2D eigenvalue weighted by Crippen LogP contribution is -2.44. The highest BCUT2D eigenvalue weighted by atomic mass is 35.5. The van der Waals surface area contributed by atoms with Crippen molar-refractivity contribution in [3.8, 4) is 0 Å². The van der Waals surface area contributed by atoms with Gasteiger partial charge in [-0.25, -0.2) is 17.2 Å². The molecule has 2 aliphatic carbocycles. The summed E-state index contributed by atoms with van der Waals surface area (Å²) >= 11 is 6.48. The Balaban J connectivity index is 1.21. The van der Waals surface area contributed by atoms with Crippen LogP contribution >= 0.6 is 11.6 Å². The second kappa shape index (κ2) is 13.6. The monoisotopic (exact) mass is 678 g/mol. The van der Waals surface area contributed by atoms with Crippen LogP contribution in [0.4, 0.5) is 14.5 Å². The average Bonchev–Trinajstić information content (AvgIpc) is 3.76. The second-order valence-electron chi connectivity index (χ2n) is 13.8. The molecule has 2 aliphatic heterocycles. The first-order chi connectivity index (χ1) is 21.9. The Bertz CT molecular complexity index is 1540. The van der Waals surface area contributed by atoms with Crippen LogP contribution in [-0.4, -0.2) is 87.3 Å². The van der Waals surface area contributed by atoms with E-state index >= 15 is 4.39 Å². The molecule has 1 aromatic carbocycles. The maximum Gasteiger partial charge on any atom is 0.232 e. The van der Waals surface area contributed by atoms with Crippen LogP contribution in [0.5, 0.6) is 0 Å². The van der Waals surface area contributed by atoms with Crippen molar-refractivity contribution in [1.82, 2.24) is 14.8 Å². The number of piperidine rings is 1. The number of likely N-dealkylation sites (tertiary alicyclic amines) is 1. The number of rotatable bonds is 9. The van der Waals surface area contributed by atoms with Crippen LogP contribution in [0, 0.1) is 30.4 Å². The zero-order chi connectivity index (χ0) is 32.7. The number of carbonyl (C=O) groups excluding carboxylic acids is 1. The zero-order valence-electron chi connectivity index (χ0n) is 26.9. The Kier molecular flexibility index (Phi) is 9.95. The summed E-state index contributed by atoms with van der Waals surface area (Å²) in [6, 6.07) is 5.88. The Morgan fingerprint density at radius 3 is 2.37 bits per heavy atom. The molecule has 2 saturated heterocycles. The molecule has 3 atom stereocenters. The van der Waals surface area contributed by atoms with E-state index in [1.807, 2.05) is 11.8 Å². The van der Waals surface area contributed by atoms with Crippen molar-refractivity contribution in [3.63, 3.8) is 0 Å². The molecule has 46 heavy (non-hydrogen) atoms. The van der Waals surface area contributed by atoms with Crippen molar-refractivity contribution in [2.75, 3.05) is 50.5 Å². The maximum absolute atomic E-state index is 15.2. The summed E-state index contributed by atoms with van der Waals surface area (Å²) < 4.78 is 61.9. The van der Waals surface area contributed by atoms with E-state index in [4.69, 9.17) is 21.3 Å². The van der Waals surface area contributed by atoms with Crippen molar-refractivity contribution in [2.45, 2.75) is 82.2 Å². The molecule has 8 nitrogen and oxygen atoms in total. The molecule has 0 spiro atoms. The van der Waals surface area contributed by atoms with Crippen LogP contribution in [0.15, 0.2) is 24.3 Å². The van der Waals surface area contributed by atoms with Gasteiger partial charge in [-0.2, -0.15) is 0 Å². The number of amides is 1. The van der Waals surface area contributed by atoms with E-state index < -0.39 is 27.6 Å². The minimum atomic E-state index is -3.55. The molecule has 1 unspecified atom stereocenters. The standard InChI is InChI=1S/C34H45ClF2N4O4S/c1-21-30(35)19-32(41(46(3,43)44)20-22-4-5-22)33(38-21)23-8-12-40(13-9-23)34(42)29-18-26(39(2)25-10-14-45-15-11-25)17-28(29)27-7-6-24(36)16-31(27)37/h6-7,16,19,22-23,25-26,28-29H,4-5,8-15,17-18,20H2,1-3H3/t26?,28-,29+/m0/s1. The molecule has 6 rings (SSSR count). The predicted molar refractivity (Wildman–Crippen MR) is 175 cm³/mol. The molecule has 4 aliphatic rings. The molecule has 0 bridgehead atoms. The van der Waals surface area contributed by atoms with Crippen molar-refractivity contribution < 1.29 is 26.7 Å². The van der Waals surface area contributed by atoms with E-state index in [1.165, 1.54) is 22.7 Å². The van der Waals surface area contributed by atoms with E-state index in [1.54, 1.807) is 6.07 Å². The molecule has 12 heteroatoms. The minimum Gasteiger partial charge on any atom is -0.381 e. The van der Waals surface area contributed by atoms with Gasteiger partial charge in [-0.3, -0.25) is 14.1 Å². The van der Waals surface area contributed by atoms with Crippen LogP contribution in [0.25, 0.3) is 0 Å². The highest BCUT2D eigenvalue weighted by Crippen LogP contribution is 2.46. The fourth-order valence-corrected chi connectivity index (χ4v) is 8.93. The normalized spacial score (nSPS) is 24.9. The molecule has 2 aromatic rings. The number of halogens is 3. The zero-order valence-corrected chi connectivity index (χ0v) is 28.5. The maximum atomic E-state index is 15.2. The largest absolute Gasteiger partial charge is 0.381 e. The van der Waals surface area contributed by atoms with E-state index in [0.717, 1.165) is 31.7 Å². The topological polar surface area (TPSA) is 83.1 Å². The van der Waals surface area contributed by atoms with Gasteiger partial charge in [0, 0.05) is 62.8 Å². The van der Waals surface area contributed by atoms with Gasteiger partial charge in [0.15, 0.2) is 0 Å². The number of hydrogen-bond donors (Lipinski definition) is 0. The average molecular weight is 679 g/mol. The fourth-order valence-electron chi connectivity index (χ4n) is 7.80. The van der Waals surface area contributed by atoms with Crippen LogP contribution in [0.1, 0.15) is 80.2 Å². The summed E-state index contributed by atoms with van der Waals surface area (Å²) in [6.07, 6.45) is 7.57. The van der Waals surface area contributed by atoms with Crippen molar-refractivity contribution in [1.29, 1.82) is 0 Å². The van der Waals surface area contributed by atoms with Gasteiger partial charge >= 0.3 is 0 Å². The van der Waals surface area contributed by atoms with Crippen LogP contribution < -0.4 is 4.31 Å². The first kappa shape index (κ1) is 33.6. The molecule has 0 radical (unpaired) electrons. The smallest absolute Gasteiger partial charge is 0.232 e. The number of carbonyl (C=O) groups is 1. The van der Waals surface area contributed by atoms with Gasteiger partial charge in [0.1, 0.15) is 11.6 Å². The molecule has 2 saturated carbocycles. The summed E-state index contributed by atoms with van der Waals surface area (Å²) in [5.74, 6) is -1.71. The van der Waals surface area contributed by atoms with Crippen molar-refractivity contribution in [2.24, 2.45) is 11.8 Å². The third-order valence-corrected chi connectivity index (χ3v) is 12.2. The van der Waals surface area contributed by atoms with E-state index in [-0.39, 0.29) is 23.8 Å². The summed E-state index contributed by atoms with van der Waals surface area (Å²) in [5, 5.41) is 0.427. The molecule has 252 valence electrons. The lowest BCUT2D eigenvalue weighted by Gasteiger charge is -2.36. The summed E-state index contributed by atoms with van der Waals surface area (Å²) in [4.78, 5) is 23.3. The number of sulfonamides is 1. The Morgan fingerprint density at radius 1 is 1.04 bits per heavy atom. The van der Waals surface area contributed by atoms with Gasteiger partial charge in [-0.1, -0.05) is 17.7 Å². The molecule has 1 aromatic heterocycles. The van der Waals surface area contributed by atoms with Crippen molar-refractivity contribution in [3.05, 3.63) is 57.9 Å². The number of pyridine rings is 1. The number of aromatic nitrogens is 1. The Labute approximate surface area is 276 Å². The SMILES string of the molecule is Cc1nc(C2CCN(C(=O)[C@@H]3CC(N(C)C4CCOCC4)C[C@H]3c3ccc(F)cc3F)CC2)c(N(CC2CC2)S(C)(=O)=O)cc1Cl. The van der Waals surface area contributed by atoms with Gasteiger partial charge in [0.2, 0.25) is 15.9 Å². The number of ether oxygens (including phenoxy) is 1. The number of anilines is 1. The van der Waals surface area contributed by atoms with Gasteiger partial charge in [-0.15, -0.1) is 0 Å². The third kappa shape index (κ3) is 7.22. The molecule has 1 amide bonds. The van der Waals surface area contributed by atoms with Gasteiger partial charge in [0.25, 0.3) is 0 Å². The van der Waals surface area contributed by atoms with Gasteiger partial charge < -0.3 is 14.5 Å². The van der Waals surface area contributed by atoms with Crippen molar-refractivity contribution >= 4 is 33.2 Å². The highest BCUT2D eigenvalue weighted by molar-refractivity contribution is 7.92. The third-order valence-electron chi connectivity index (χ3n) is 10.7. The minimum absolute atomic E-state index is 0.00187. The number of aryl methyl sites for hydroxylation is 1. The molecule has 4 fully saturated rings. The quantitative estimate of drug-likeness (QED) is 0.330. The van der Waals surface area contributed by atoms with E-state index in [0.29, 0.717) is 98.2 Å². The lowest BCUT2D eigenvalue weighted by molar-refractivity contribution is -0.137. The Hall–Kier alpha value is -2.34.